The lowest BCUT2D eigenvalue weighted by molar-refractivity contribution is 0.0671. The van der Waals surface area contributed by atoms with E-state index in [1.165, 1.54) is 0 Å². The van der Waals surface area contributed by atoms with Crippen molar-refractivity contribution in [3.8, 4) is 6.07 Å². The number of piperazine rings is 1. The lowest BCUT2D eigenvalue weighted by Gasteiger charge is -2.34. The fourth-order valence-corrected chi connectivity index (χ4v) is 2.71. The van der Waals surface area contributed by atoms with E-state index in [2.05, 4.69) is 5.32 Å². The molecule has 0 atom stereocenters. The predicted molar refractivity (Wildman–Crippen MR) is 94.1 cm³/mol. The Morgan fingerprint density at radius 3 is 2.08 bits per heavy atom. The third-order valence-corrected chi connectivity index (χ3v) is 4.14. The molecule has 3 amide bonds. The predicted octanol–water partition coefficient (Wildman–Crippen LogP) is 2.55. The molecule has 0 spiro atoms. The van der Waals surface area contributed by atoms with Gasteiger partial charge < -0.3 is 15.1 Å². The van der Waals surface area contributed by atoms with E-state index >= 15 is 0 Å². The van der Waals surface area contributed by atoms with Crippen LogP contribution >= 0.6 is 0 Å². The third kappa shape index (κ3) is 3.96. The average molecular weight is 334 g/mol. The number of nitrogens with zero attached hydrogens (tertiary/aromatic N) is 3. The van der Waals surface area contributed by atoms with Crippen LogP contribution in [-0.4, -0.2) is 47.9 Å². The van der Waals surface area contributed by atoms with Crippen molar-refractivity contribution in [1.82, 2.24) is 9.80 Å². The molecule has 0 radical (unpaired) electrons. The summed E-state index contributed by atoms with van der Waals surface area (Å²) in [6.07, 6.45) is 0. The van der Waals surface area contributed by atoms with E-state index in [1.807, 2.05) is 24.3 Å². The number of anilines is 1. The molecule has 2 aromatic carbocycles. The summed E-state index contributed by atoms with van der Waals surface area (Å²) in [7, 11) is 0. The number of carbonyl (C=O) groups is 2. The maximum absolute atomic E-state index is 12.4. The van der Waals surface area contributed by atoms with Crippen LogP contribution in [0.5, 0.6) is 0 Å². The highest BCUT2D eigenvalue weighted by molar-refractivity contribution is 5.94. The molecular formula is C19H18N4O2. The number of hydrogen-bond donors (Lipinski definition) is 1. The quantitative estimate of drug-likeness (QED) is 0.917. The minimum Gasteiger partial charge on any atom is -0.335 e. The number of nitriles is 1. The van der Waals surface area contributed by atoms with Crippen molar-refractivity contribution in [2.24, 2.45) is 0 Å². The van der Waals surface area contributed by atoms with Crippen molar-refractivity contribution in [3.63, 3.8) is 0 Å². The molecule has 1 saturated heterocycles. The van der Waals surface area contributed by atoms with E-state index in [1.54, 1.807) is 46.2 Å². The highest BCUT2D eigenvalue weighted by atomic mass is 16.2. The number of amides is 3. The summed E-state index contributed by atoms with van der Waals surface area (Å²) < 4.78 is 0. The first kappa shape index (κ1) is 16.5. The van der Waals surface area contributed by atoms with Crippen LogP contribution in [0.2, 0.25) is 0 Å². The summed E-state index contributed by atoms with van der Waals surface area (Å²) in [6.45, 7) is 1.99. The van der Waals surface area contributed by atoms with Crippen molar-refractivity contribution in [3.05, 3.63) is 65.7 Å². The second kappa shape index (κ2) is 7.49. The number of urea groups is 1. The fourth-order valence-electron chi connectivity index (χ4n) is 2.71. The van der Waals surface area contributed by atoms with Crippen LogP contribution in [0.4, 0.5) is 10.5 Å². The van der Waals surface area contributed by atoms with Crippen molar-refractivity contribution in [1.29, 1.82) is 5.26 Å². The van der Waals surface area contributed by atoms with Gasteiger partial charge >= 0.3 is 6.03 Å². The molecule has 1 fully saturated rings. The van der Waals surface area contributed by atoms with Crippen LogP contribution in [0.15, 0.2) is 54.6 Å². The van der Waals surface area contributed by atoms with Gasteiger partial charge in [0.1, 0.15) is 0 Å². The van der Waals surface area contributed by atoms with E-state index in [9.17, 15) is 9.59 Å². The summed E-state index contributed by atoms with van der Waals surface area (Å²) in [5.74, 6) is -0.00671. The van der Waals surface area contributed by atoms with Gasteiger partial charge in [-0.05, 0) is 36.4 Å². The fraction of sp³-hybridized carbons (Fsp3) is 0.211. The molecule has 0 unspecified atom stereocenters. The molecule has 0 aliphatic carbocycles. The van der Waals surface area contributed by atoms with Gasteiger partial charge in [0.2, 0.25) is 0 Å². The van der Waals surface area contributed by atoms with Gasteiger partial charge in [-0.25, -0.2) is 4.79 Å². The summed E-state index contributed by atoms with van der Waals surface area (Å²) in [6, 6.07) is 17.7. The number of benzene rings is 2. The summed E-state index contributed by atoms with van der Waals surface area (Å²) in [5, 5.41) is 11.6. The molecule has 1 heterocycles. The van der Waals surface area contributed by atoms with E-state index < -0.39 is 0 Å². The molecule has 1 aliphatic rings. The highest BCUT2D eigenvalue weighted by Gasteiger charge is 2.24. The maximum atomic E-state index is 12.4. The Kier molecular flexibility index (Phi) is 4.95. The van der Waals surface area contributed by atoms with Crippen LogP contribution < -0.4 is 5.32 Å². The van der Waals surface area contributed by atoms with Gasteiger partial charge in [-0.3, -0.25) is 4.79 Å². The van der Waals surface area contributed by atoms with E-state index in [4.69, 9.17) is 5.26 Å². The summed E-state index contributed by atoms with van der Waals surface area (Å²) in [5.41, 5.74) is 1.86. The normalized spacial score (nSPS) is 13.9. The monoisotopic (exact) mass is 334 g/mol. The molecule has 126 valence electrons. The van der Waals surface area contributed by atoms with E-state index in [-0.39, 0.29) is 11.9 Å². The van der Waals surface area contributed by atoms with Crippen LogP contribution in [-0.2, 0) is 0 Å². The molecule has 1 N–H and O–H groups in total. The first-order chi connectivity index (χ1) is 12.2. The Morgan fingerprint density at radius 1 is 0.880 bits per heavy atom. The van der Waals surface area contributed by atoms with Gasteiger partial charge in [0, 0.05) is 37.4 Å². The molecule has 2 aromatic rings. The van der Waals surface area contributed by atoms with E-state index in [0.29, 0.717) is 43.0 Å². The van der Waals surface area contributed by atoms with Crippen molar-refractivity contribution in [2.75, 3.05) is 31.5 Å². The number of nitrogens with one attached hydrogen (secondary N) is 1. The minimum absolute atomic E-state index is 0.00671. The zero-order valence-corrected chi connectivity index (χ0v) is 13.7. The SMILES string of the molecule is N#Cc1ccc(NC(=O)N2CCN(C(=O)c3ccccc3)CC2)cc1. The molecular weight excluding hydrogens is 316 g/mol. The van der Waals surface area contributed by atoms with Crippen LogP contribution in [0, 0.1) is 11.3 Å². The lowest BCUT2D eigenvalue weighted by Crippen LogP contribution is -2.51. The Hall–Kier alpha value is -3.33. The van der Waals surface area contributed by atoms with Gasteiger partial charge in [-0.1, -0.05) is 18.2 Å². The van der Waals surface area contributed by atoms with Crippen molar-refractivity contribution < 1.29 is 9.59 Å². The van der Waals surface area contributed by atoms with Gasteiger partial charge in [0.05, 0.1) is 11.6 Å². The number of hydrogen-bond acceptors (Lipinski definition) is 3. The van der Waals surface area contributed by atoms with Gasteiger partial charge in [0.15, 0.2) is 0 Å². The van der Waals surface area contributed by atoms with Gasteiger partial charge in [0.25, 0.3) is 5.91 Å². The number of carbonyl (C=O) groups excluding carboxylic acids is 2. The third-order valence-electron chi connectivity index (χ3n) is 4.14. The molecule has 0 saturated carbocycles. The largest absolute Gasteiger partial charge is 0.335 e. The number of rotatable bonds is 2. The molecule has 25 heavy (non-hydrogen) atoms. The minimum atomic E-state index is -0.198. The van der Waals surface area contributed by atoms with Crippen molar-refractivity contribution in [2.45, 2.75) is 0 Å². The van der Waals surface area contributed by atoms with Gasteiger partial charge in [-0.15, -0.1) is 0 Å². The highest BCUT2D eigenvalue weighted by Crippen LogP contribution is 2.12. The molecule has 0 aromatic heterocycles. The van der Waals surface area contributed by atoms with Crippen molar-refractivity contribution >= 4 is 17.6 Å². The first-order valence-electron chi connectivity index (χ1n) is 8.08. The Balaban J connectivity index is 1.54. The maximum Gasteiger partial charge on any atom is 0.321 e. The first-order valence-corrected chi connectivity index (χ1v) is 8.08. The van der Waals surface area contributed by atoms with E-state index in [0.717, 1.165) is 0 Å². The van der Waals surface area contributed by atoms with Crippen LogP contribution in [0.25, 0.3) is 0 Å². The summed E-state index contributed by atoms with van der Waals surface area (Å²) in [4.78, 5) is 28.2. The molecule has 6 nitrogen and oxygen atoms in total. The Morgan fingerprint density at radius 2 is 1.48 bits per heavy atom. The van der Waals surface area contributed by atoms with Gasteiger partial charge in [-0.2, -0.15) is 5.26 Å². The standard InChI is InChI=1S/C19H18N4O2/c20-14-15-6-8-17(9-7-15)21-19(25)23-12-10-22(11-13-23)18(24)16-4-2-1-3-5-16/h1-9H,10-13H2,(H,21,25). The zero-order valence-electron chi connectivity index (χ0n) is 13.7. The molecule has 3 rings (SSSR count). The zero-order chi connectivity index (χ0) is 17.6. The Labute approximate surface area is 146 Å². The Bertz CT molecular complexity index is 788. The molecule has 0 bridgehead atoms. The molecule has 1 aliphatic heterocycles. The summed E-state index contributed by atoms with van der Waals surface area (Å²) >= 11 is 0. The van der Waals surface area contributed by atoms with Crippen LogP contribution in [0.3, 0.4) is 0 Å². The smallest absolute Gasteiger partial charge is 0.321 e. The second-order valence-corrected chi connectivity index (χ2v) is 5.76. The molecule has 6 heteroatoms. The average Bonchev–Trinajstić information content (AvgIpc) is 2.69. The second-order valence-electron chi connectivity index (χ2n) is 5.76. The van der Waals surface area contributed by atoms with Crippen LogP contribution in [0.1, 0.15) is 15.9 Å². The lowest BCUT2D eigenvalue weighted by atomic mass is 10.2. The topological polar surface area (TPSA) is 76.4 Å².